The molecule has 0 aliphatic heterocycles. The summed E-state index contributed by atoms with van der Waals surface area (Å²) >= 11 is 1.52. The first-order valence-corrected chi connectivity index (χ1v) is 13.5. The van der Waals surface area contributed by atoms with Crippen LogP contribution < -0.4 is 10.6 Å². The van der Waals surface area contributed by atoms with Gasteiger partial charge in [-0.15, -0.1) is 6.42 Å². The summed E-state index contributed by atoms with van der Waals surface area (Å²) in [7, 11) is 1.22. The fourth-order valence-corrected chi connectivity index (χ4v) is 4.00. The molecule has 0 heterocycles. The molecule has 9 nitrogen and oxygen atoms in total. The van der Waals surface area contributed by atoms with Crippen molar-refractivity contribution in [3.8, 4) is 12.3 Å². The number of nitrogens with zero attached hydrogens (tertiary/aromatic N) is 1. The summed E-state index contributed by atoms with van der Waals surface area (Å²) in [4.78, 5) is 53.4. The zero-order valence-corrected chi connectivity index (χ0v) is 23.6. The van der Waals surface area contributed by atoms with Crippen LogP contribution >= 0.6 is 11.8 Å². The van der Waals surface area contributed by atoms with Gasteiger partial charge in [-0.1, -0.05) is 31.0 Å². The number of ether oxygens (including phenoxy) is 2. The van der Waals surface area contributed by atoms with Gasteiger partial charge >= 0.3 is 12.1 Å². The second-order valence-corrected chi connectivity index (χ2v) is 10.4. The van der Waals surface area contributed by atoms with Crippen LogP contribution in [-0.4, -0.2) is 72.1 Å². The summed E-state index contributed by atoms with van der Waals surface area (Å²) < 4.78 is 10.0. The third-order valence-electron chi connectivity index (χ3n) is 5.49. The van der Waals surface area contributed by atoms with Gasteiger partial charge in [0.15, 0.2) is 0 Å². The van der Waals surface area contributed by atoms with E-state index in [4.69, 9.17) is 11.2 Å². The van der Waals surface area contributed by atoms with E-state index in [0.717, 1.165) is 0 Å². The Kier molecular flexibility index (Phi) is 13.0. The molecule has 0 spiro atoms. The number of carbonyl (C=O) groups excluding carboxylic acids is 4. The SMILES string of the molecule is C#Cc1ccccc1C(C(=O)NCC(=O)OC)N(C(=O)C(CCSC)NC(=O)OC(C)(C)C)C(C)CC. The number of benzene rings is 1. The summed E-state index contributed by atoms with van der Waals surface area (Å²) in [5, 5.41) is 5.25. The van der Waals surface area contributed by atoms with Crippen molar-refractivity contribution in [3.63, 3.8) is 0 Å². The van der Waals surface area contributed by atoms with Crippen molar-refractivity contribution < 1.29 is 28.7 Å². The molecule has 37 heavy (non-hydrogen) atoms. The van der Waals surface area contributed by atoms with Gasteiger partial charge in [0.1, 0.15) is 24.2 Å². The molecule has 3 amide bonds. The number of methoxy groups -OCH3 is 1. The van der Waals surface area contributed by atoms with Crippen LogP contribution in [0.4, 0.5) is 4.79 Å². The highest BCUT2D eigenvalue weighted by Crippen LogP contribution is 2.29. The number of terminal acetylenes is 1. The number of rotatable bonds is 12. The normalized spacial score (nSPS) is 13.4. The minimum atomic E-state index is -1.16. The summed E-state index contributed by atoms with van der Waals surface area (Å²) in [6.07, 6.45) is 7.74. The largest absolute Gasteiger partial charge is 0.468 e. The topological polar surface area (TPSA) is 114 Å². The average molecular weight is 534 g/mol. The molecule has 3 atom stereocenters. The zero-order valence-electron chi connectivity index (χ0n) is 22.8. The fraction of sp³-hybridized carbons (Fsp3) is 0.556. The van der Waals surface area contributed by atoms with Crippen molar-refractivity contribution in [2.24, 2.45) is 0 Å². The lowest BCUT2D eigenvalue weighted by Gasteiger charge is -2.38. The van der Waals surface area contributed by atoms with Gasteiger partial charge in [-0.3, -0.25) is 14.4 Å². The van der Waals surface area contributed by atoms with Crippen LogP contribution in [-0.2, 0) is 23.9 Å². The maximum atomic E-state index is 14.1. The number of alkyl carbamates (subject to hydrolysis) is 1. The molecule has 0 saturated carbocycles. The van der Waals surface area contributed by atoms with E-state index in [0.29, 0.717) is 29.7 Å². The molecule has 204 valence electrons. The van der Waals surface area contributed by atoms with E-state index in [-0.39, 0.29) is 6.54 Å². The number of nitrogens with one attached hydrogen (secondary N) is 2. The van der Waals surface area contributed by atoms with Crippen molar-refractivity contribution in [2.45, 2.75) is 71.2 Å². The quantitative estimate of drug-likeness (QED) is 0.313. The average Bonchev–Trinajstić information content (AvgIpc) is 2.85. The van der Waals surface area contributed by atoms with Gasteiger partial charge in [-0.05, 0) is 64.2 Å². The Hall–Kier alpha value is -3.19. The van der Waals surface area contributed by atoms with Gasteiger partial charge in [-0.25, -0.2) is 4.79 Å². The molecule has 0 saturated heterocycles. The van der Waals surface area contributed by atoms with E-state index in [1.807, 2.05) is 20.1 Å². The van der Waals surface area contributed by atoms with E-state index in [1.165, 1.54) is 23.8 Å². The first-order valence-electron chi connectivity index (χ1n) is 12.1. The maximum Gasteiger partial charge on any atom is 0.408 e. The Labute approximate surface area is 224 Å². The predicted octanol–water partition coefficient (Wildman–Crippen LogP) is 3.27. The molecule has 2 N–H and O–H groups in total. The van der Waals surface area contributed by atoms with Gasteiger partial charge in [0.05, 0.1) is 7.11 Å². The molecule has 0 fully saturated rings. The molecule has 0 aliphatic carbocycles. The summed E-state index contributed by atoms with van der Waals surface area (Å²) in [6, 6.07) is 4.30. The summed E-state index contributed by atoms with van der Waals surface area (Å²) in [5.74, 6) is 1.47. The van der Waals surface area contributed by atoms with E-state index in [1.54, 1.807) is 45.0 Å². The van der Waals surface area contributed by atoms with Gasteiger partial charge in [0, 0.05) is 11.6 Å². The number of amides is 3. The van der Waals surface area contributed by atoms with Crippen LogP contribution in [0.25, 0.3) is 0 Å². The Morgan fingerprint density at radius 2 is 1.84 bits per heavy atom. The maximum absolute atomic E-state index is 14.1. The van der Waals surface area contributed by atoms with Gasteiger partial charge in [0.2, 0.25) is 11.8 Å². The zero-order chi connectivity index (χ0) is 28.2. The molecule has 0 radical (unpaired) electrons. The fourth-order valence-electron chi connectivity index (χ4n) is 3.53. The van der Waals surface area contributed by atoms with Crippen molar-refractivity contribution in [2.75, 3.05) is 25.7 Å². The Bertz CT molecular complexity index is 985. The molecule has 1 rings (SSSR count). The highest BCUT2D eigenvalue weighted by Gasteiger charge is 2.39. The number of hydrogen-bond acceptors (Lipinski definition) is 7. The van der Waals surface area contributed by atoms with E-state index >= 15 is 0 Å². The molecule has 0 aromatic heterocycles. The number of esters is 1. The highest BCUT2D eigenvalue weighted by atomic mass is 32.2. The third kappa shape index (κ3) is 10.00. The standard InChI is InChI=1S/C27H39N3O6S/c1-9-18(3)30(25(33)21(15-16-37-8)29-26(34)36-27(4,5)6)23(24(32)28-17-22(31)35-7)20-14-12-11-13-19(20)10-2/h2,11-14,18,21,23H,9,15-17H2,1,3-8H3,(H,28,32)(H,29,34). The second kappa shape index (κ2) is 15.2. The molecule has 0 aliphatic rings. The van der Waals surface area contributed by atoms with Crippen LogP contribution in [0.1, 0.15) is 64.6 Å². The summed E-state index contributed by atoms with van der Waals surface area (Å²) in [6.45, 7) is 8.52. The lowest BCUT2D eigenvalue weighted by atomic mass is 9.95. The smallest absolute Gasteiger partial charge is 0.408 e. The lowest BCUT2D eigenvalue weighted by Crippen LogP contribution is -2.56. The monoisotopic (exact) mass is 533 g/mol. The second-order valence-electron chi connectivity index (χ2n) is 9.41. The highest BCUT2D eigenvalue weighted by molar-refractivity contribution is 7.98. The van der Waals surface area contributed by atoms with Crippen LogP contribution in [0, 0.1) is 12.3 Å². The van der Waals surface area contributed by atoms with E-state index < -0.39 is 47.6 Å². The van der Waals surface area contributed by atoms with Gasteiger partial charge in [0.25, 0.3) is 0 Å². The predicted molar refractivity (Wildman–Crippen MR) is 145 cm³/mol. The molecule has 1 aromatic rings. The molecular formula is C27H39N3O6S. The minimum Gasteiger partial charge on any atom is -0.468 e. The summed E-state index contributed by atoms with van der Waals surface area (Å²) in [5.41, 5.74) is 0.111. The molecule has 3 unspecified atom stereocenters. The number of thioether (sulfide) groups is 1. The van der Waals surface area contributed by atoms with Crippen LogP contribution in [0.2, 0.25) is 0 Å². The molecule has 10 heteroatoms. The van der Waals surface area contributed by atoms with Crippen LogP contribution in [0.15, 0.2) is 24.3 Å². The minimum absolute atomic E-state index is 0.319. The third-order valence-corrected chi connectivity index (χ3v) is 6.14. The van der Waals surface area contributed by atoms with Gasteiger partial charge in [-0.2, -0.15) is 11.8 Å². The molecule has 1 aromatic carbocycles. The Morgan fingerprint density at radius 3 is 2.38 bits per heavy atom. The molecule has 0 bridgehead atoms. The first kappa shape index (κ1) is 31.8. The molecular weight excluding hydrogens is 494 g/mol. The van der Waals surface area contributed by atoms with Crippen LogP contribution in [0.3, 0.4) is 0 Å². The van der Waals surface area contributed by atoms with E-state index in [2.05, 4.69) is 21.3 Å². The number of hydrogen-bond donors (Lipinski definition) is 2. The van der Waals surface area contributed by atoms with Crippen molar-refractivity contribution in [1.82, 2.24) is 15.5 Å². The van der Waals surface area contributed by atoms with E-state index in [9.17, 15) is 19.2 Å². The van der Waals surface area contributed by atoms with Crippen molar-refractivity contribution >= 4 is 35.6 Å². The first-order chi connectivity index (χ1) is 17.4. The number of carbonyl (C=O) groups is 4. The van der Waals surface area contributed by atoms with Gasteiger partial charge < -0.3 is 25.0 Å². The van der Waals surface area contributed by atoms with Crippen molar-refractivity contribution in [1.29, 1.82) is 0 Å². The Morgan fingerprint density at radius 1 is 1.19 bits per heavy atom. The van der Waals surface area contributed by atoms with Crippen LogP contribution in [0.5, 0.6) is 0 Å². The van der Waals surface area contributed by atoms with Crippen molar-refractivity contribution in [3.05, 3.63) is 35.4 Å². The Balaban J connectivity index is 3.58. The lowest BCUT2D eigenvalue weighted by molar-refractivity contribution is -0.146.